The Balaban J connectivity index is 1.73. The number of anilines is 1. The molecule has 1 unspecified atom stereocenters. The van der Waals surface area contributed by atoms with Crippen molar-refractivity contribution < 1.29 is 13.2 Å². The van der Waals surface area contributed by atoms with Crippen LogP contribution in [-0.2, 0) is 10.0 Å². The SMILES string of the molecule is CC1CC(=NNC(=O)c2cccc(S(=O)(=O)Nc3ccc(Cl)cc3)c2)CC(C)(C)C1. The maximum atomic E-state index is 12.7. The average Bonchev–Trinajstić information content (AvgIpc) is 2.66. The van der Waals surface area contributed by atoms with Gasteiger partial charge in [0.1, 0.15) is 0 Å². The van der Waals surface area contributed by atoms with Gasteiger partial charge in [-0.3, -0.25) is 9.52 Å². The van der Waals surface area contributed by atoms with Gasteiger partial charge in [-0.15, -0.1) is 0 Å². The van der Waals surface area contributed by atoms with Crippen LogP contribution in [-0.4, -0.2) is 20.0 Å². The largest absolute Gasteiger partial charge is 0.280 e. The molecule has 8 heteroatoms. The molecule has 2 N–H and O–H groups in total. The second-order valence-electron chi connectivity index (χ2n) is 8.61. The lowest BCUT2D eigenvalue weighted by Crippen LogP contribution is -2.30. The third-order valence-electron chi connectivity index (χ3n) is 4.99. The number of hydrogen-bond donors (Lipinski definition) is 2. The summed E-state index contributed by atoms with van der Waals surface area (Å²) in [7, 11) is -3.85. The lowest BCUT2D eigenvalue weighted by atomic mass is 9.72. The van der Waals surface area contributed by atoms with Gasteiger partial charge in [-0.2, -0.15) is 5.10 Å². The Morgan fingerprint density at radius 1 is 1.17 bits per heavy atom. The Morgan fingerprint density at radius 2 is 1.87 bits per heavy atom. The predicted octanol–water partition coefficient (Wildman–Crippen LogP) is 5.07. The second kappa shape index (κ2) is 8.78. The van der Waals surface area contributed by atoms with Gasteiger partial charge in [-0.05, 0) is 73.1 Å². The van der Waals surface area contributed by atoms with Gasteiger partial charge < -0.3 is 0 Å². The molecule has 1 atom stereocenters. The van der Waals surface area contributed by atoms with Gasteiger partial charge >= 0.3 is 0 Å². The van der Waals surface area contributed by atoms with Crippen LogP contribution in [0.5, 0.6) is 0 Å². The van der Waals surface area contributed by atoms with E-state index in [0.29, 0.717) is 16.6 Å². The molecule has 160 valence electrons. The van der Waals surface area contributed by atoms with E-state index in [1.165, 1.54) is 18.2 Å². The van der Waals surface area contributed by atoms with Crippen molar-refractivity contribution in [3.8, 4) is 0 Å². The highest BCUT2D eigenvalue weighted by molar-refractivity contribution is 7.92. The molecule has 0 saturated heterocycles. The van der Waals surface area contributed by atoms with Crippen LogP contribution in [0, 0.1) is 11.3 Å². The molecule has 1 fully saturated rings. The van der Waals surface area contributed by atoms with Gasteiger partial charge in [-0.1, -0.05) is 38.4 Å². The molecule has 0 aliphatic heterocycles. The number of halogens is 1. The van der Waals surface area contributed by atoms with Crippen LogP contribution in [0.2, 0.25) is 5.02 Å². The van der Waals surface area contributed by atoms with Crippen molar-refractivity contribution in [2.75, 3.05) is 4.72 Å². The highest BCUT2D eigenvalue weighted by Crippen LogP contribution is 2.36. The van der Waals surface area contributed by atoms with Gasteiger partial charge in [0.25, 0.3) is 15.9 Å². The molecule has 30 heavy (non-hydrogen) atoms. The number of nitrogens with zero attached hydrogens (tertiary/aromatic N) is 1. The van der Waals surface area contributed by atoms with E-state index < -0.39 is 15.9 Å². The van der Waals surface area contributed by atoms with E-state index in [-0.39, 0.29) is 15.9 Å². The van der Waals surface area contributed by atoms with Crippen LogP contribution in [0.4, 0.5) is 5.69 Å². The van der Waals surface area contributed by atoms with Gasteiger partial charge in [0, 0.05) is 22.0 Å². The van der Waals surface area contributed by atoms with E-state index in [1.807, 2.05) is 0 Å². The highest BCUT2D eigenvalue weighted by atomic mass is 35.5. The number of carbonyl (C=O) groups excluding carboxylic acids is 1. The summed E-state index contributed by atoms with van der Waals surface area (Å²) in [5, 5.41) is 4.82. The first-order chi connectivity index (χ1) is 14.0. The number of hydrazone groups is 1. The van der Waals surface area contributed by atoms with E-state index in [9.17, 15) is 13.2 Å². The van der Waals surface area contributed by atoms with Crippen LogP contribution in [0.25, 0.3) is 0 Å². The van der Waals surface area contributed by atoms with Crippen LogP contribution >= 0.6 is 11.6 Å². The van der Waals surface area contributed by atoms with E-state index in [4.69, 9.17) is 11.6 Å². The van der Waals surface area contributed by atoms with Crippen molar-refractivity contribution in [1.29, 1.82) is 0 Å². The second-order valence-corrected chi connectivity index (χ2v) is 10.7. The van der Waals surface area contributed by atoms with E-state index in [0.717, 1.165) is 25.0 Å². The maximum Gasteiger partial charge on any atom is 0.271 e. The number of hydrogen-bond acceptors (Lipinski definition) is 4. The molecule has 0 radical (unpaired) electrons. The predicted molar refractivity (Wildman–Crippen MR) is 120 cm³/mol. The van der Waals surface area contributed by atoms with E-state index in [2.05, 4.69) is 36.0 Å². The zero-order valence-corrected chi connectivity index (χ0v) is 18.8. The van der Waals surface area contributed by atoms with Crippen LogP contribution in [0.3, 0.4) is 0 Å². The van der Waals surface area contributed by atoms with Crippen molar-refractivity contribution in [2.24, 2.45) is 16.4 Å². The normalized spacial score (nSPS) is 20.0. The van der Waals surface area contributed by atoms with Gasteiger partial charge in [0.05, 0.1) is 4.90 Å². The van der Waals surface area contributed by atoms with Gasteiger partial charge in [0.15, 0.2) is 0 Å². The average molecular weight is 448 g/mol. The summed E-state index contributed by atoms with van der Waals surface area (Å²) < 4.78 is 27.8. The summed E-state index contributed by atoms with van der Waals surface area (Å²) in [6, 6.07) is 12.2. The van der Waals surface area contributed by atoms with Crippen molar-refractivity contribution in [3.63, 3.8) is 0 Å². The zero-order valence-electron chi connectivity index (χ0n) is 17.3. The number of benzene rings is 2. The van der Waals surface area contributed by atoms with E-state index >= 15 is 0 Å². The number of nitrogens with one attached hydrogen (secondary N) is 2. The third-order valence-corrected chi connectivity index (χ3v) is 6.62. The first-order valence-corrected chi connectivity index (χ1v) is 11.6. The summed E-state index contributed by atoms with van der Waals surface area (Å²) in [6.07, 6.45) is 2.81. The summed E-state index contributed by atoms with van der Waals surface area (Å²) in [6.45, 7) is 6.57. The van der Waals surface area contributed by atoms with Crippen molar-refractivity contribution in [3.05, 3.63) is 59.1 Å². The third kappa shape index (κ3) is 5.83. The first-order valence-electron chi connectivity index (χ1n) is 9.78. The van der Waals surface area contributed by atoms with Crippen LogP contribution in [0.1, 0.15) is 50.4 Å². The molecule has 0 aromatic heterocycles. The Morgan fingerprint density at radius 3 is 2.53 bits per heavy atom. The Hall–Kier alpha value is -2.38. The number of amides is 1. The standard InChI is InChI=1S/C22H26ClN3O3S/c1-15-11-19(14-22(2,3)13-15)24-25-21(27)16-5-4-6-20(12-16)30(28,29)26-18-9-7-17(23)8-10-18/h4-10,12,15,26H,11,13-14H2,1-3H3,(H,25,27). The fraction of sp³-hybridized carbons (Fsp3) is 0.364. The zero-order chi connectivity index (χ0) is 21.9. The molecular weight excluding hydrogens is 422 g/mol. The van der Waals surface area contributed by atoms with Crippen molar-refractivity contribution in [1.82, 2.24) is 5.43 Å². The van der Waals surface area contributed by atoms with Crippen LogP contribution in [0.15, 0.2) is 58.5 Å². The molecular formula is C22H26ClN3O3S. The molecule has 1 amide bonds. The number of rotatable bonds is 5. The molecule has 0 heterocycles. The molecule has 3 rings (SSSR count). The van der Waals surface area contributed by atoms with Crippen molar-refractivity contribution >= 4 is 38.9 Å². The lowest BCUT2D eigenvalue weighted by molar-refractivity contribution is 0.0953. The minimum Gasteiger partial charge on any atom is -0.280 e. The maximum absolute atomic E-state index is 12.7. The molecule has 6 nitrogen and oxygen atoms in total. The highest BCUT2D eigenvalue weighted by Gasteiger charge is 2.29. The van der Waals surface area contributed by atoms with Crippen molar-refractivity contribution in [2.45, 2.75) is 44.9 Å². The Kier molecular flexibility index (Phi) is 6.53. The molecule has 0 spiro atoms. The summed E-state index contributed by atoms with van der Waals surface area (Å²) in [5.41, 5.74) is 4.30. The fourth-order valence-electron chi connectivity index (χ4n) is 3.93. The molecule has 0 bridgehead atoms. The summed E-state index contributed by atoms with van der Waals surface area (Å²) >= 11 is 5.83. The molecule has 1 aliphatic carbocycles. The smallest absolute Gasteiger partial charge is 0.271 e. The summed E-state index contributed by atoms with van der Waals surface area (Å²) in [5.74, 6) is 0.0684. The first kappa shape index (κ1) is 22.3. The van der Waals surface area contributed by atoms with Gasteiger partial charge in [0.2, 0.25) is 0 Å². The number of carbonyl (C=O) groups is 1. The topological polar surface area (TPSA) is 87.6 Å². The molecule has 2 aromatic carbocycles. The molecule has 2 aromatic rings. The van der Waals surface area contributed by atoms with E-state index in [1.54, 1.807) is 30.3 Å². The monoisotopic (exact) mass is 447 g/mol. The Labute approximate surface area is 182 Å². The van der Waals surface area contributed by atoms with Crippen LogP contribution < -0.4 is 10.1 Å². The number of sulfonamides is 1. The minimum absolute atomic E-state index is 0.00910. The Bertz CT molecular complexity index is 1060. The lowest BCUT2D eigenvalue weighted by Gasteiger charge is -2.34. The quantitative estimate of drug-likeness (QED) is 0.627. The van der Waals surface area contributed by atoms with Gasteiger partial charge in [-0.25, -0.2) is 13.8 Å². The summed E-state index contributed by atoms with van der Waals surface area (Å²) in [4.78, 5) is 12.5. The molecule has 1 saturated carbocycles. The molecule has 1 aliphatic rings. The minimum atomic E-state index is -3.85. The fourth-order valence-corrected chi connectivity index (χ4v) is 5.16.